The molecule has 1 nitrogen and oxygen atoms in total. The summed E-state index contributed by atoms with van der Waals surface area (Å²) in [6, 6.07) is 8.38. The second-order valence-corrected chi connectivity index (χ2v) is 3.56. The fraction of sp³-hybridized carbons (Fsp3) is 0.364. The largest absolute Gasteiger partial charge is 0.257 e. The Morgan fingerprint density at radius 2 is 2.00 bits per heavy atom. The van der Waals surface area contributed by atoms with Crippen LogP contribution >= 0.6 is 0 Å². The lowest BCUT2D eigenvalue weighted by atomic mass is 10.0. The van der Waals surface area contributed by atoms with E-state index in [1.54, 1.807) is 0 Å². The first-order valence-electron chi connectivity index (χ1n) is 4.43. The van der Waals surface area contributed by atoms with Gasteiger partial charge in [-0.2, -0.15) is 0 Å². The minimum atomic E-state index is 0.581. The predicted octanol–water partition coefficient (Wildman–Crippen LogP) is 2.97. The zero-order valence-electron chi connectivity index (χ0n) is 7.54. The lowest BCUT2D eigenvalue weighted by Gasteiger charge is -2.01. The lowest BCUT2D eigenvalue weighted by Crippen LogP contribution is -2.06. The number of rotatable bonds is 1. The Hall–Kier alpha value is -1.11. The van der Waals surface area contributed by atoms with E-state index in [1.165, 1.54) is 17.0 Å². The van der Waals surface area contributed by atoms with E-state index in [0.717, 1.165) is 6.42 Å². The highest BCUT2D eigenvalue weighted by Gasteiger charge is 2.15. The maximum Gasteiger partial charge on any atom is 0.0665 e. The van der Waals surface area contributed by atoms with E-state index >= 15 is 0 Å². The van der Waals surface area contributed by atoms with E-state index in [4.69, 9.17) is 0 Å². The Labute approximate surface area is 73.1 Å². The molecule has 1 aromatic carbocycles. The van der Waals surface area contributed by atoms with Gasteiger partial charge in [-0.25, -0.2) is 0 Å². The fourth-order valence-electron chi connectivity index (χ4n) is 1.49. The third kappa shape index (κ3) is 1.15. The SMILES string of the molecule is CC(C)C1=Nc2ccccc2C1. The molecule has 1 aromatic rings. The van der Waals surface area contributed by atoms with Crippen LogP contribution in [-0.4, -0.2) is 5.71 Å². The van der Waals surface area contributed by atoms with Crippen molar-refractivity contribution in [1.82, 2.24) is 0 Å². The summed E-state index contributed by atoms with van der Waals surface area (Å²) in [5.74, 6) is 0.581. The number of para-hydroxylation sites is 1. The summed E-state index contributed by atoms with van der Waals surface area (Å²) in [5, 5.41) is 0. The van der Waals surface area contributed by atoms with Crippen molar-refractivity contribution in [3.05, 3.63) is 29.8 Å². The molecule has 0 saturated carbocycles. The number of hydrogen-bond acceptors (Lipinski definition) is 1. The molecule has 0 spiro atoms. The number of benzene rings is 1. The van der Waals surface area contributed by atoms with Crippen LogP contribution in [0.3, 0.4) is 0 Å². The summed E-state index contributed by atoms with van der Waals surface area (Å²) in [4.78, 5) is 4.57. The summed E-state index contributed by atoms with van der Waals surface area (Å²) < 4.78 is 0. The maximum atomic E-state index is 4.57. The van der Waals surface area contributed by atoms with Crippen LogP contribution in [-0.2, 0) is 6.42 Å². The second kappa shape index (κ2) is 2.74. The summed E-state index contributed by atoms with van der Waals surface area (Å²) in [7, 11) is 0. The quantitative estimate of drug-likeness (QED) is 0.597. The summed E-state index contributed by atoms with van der Waals surface area (Å²) in [6.07, 6.45) is 1.05. The average Bonchev–Trinajstić information content (AvgIpc) is 2.46. The van der Waals surface area contributed by atoms with Crippen molar-refractivity contribution in [2.75, 3.05) is 0 Å². The molecule has 12 heavy (non-hydrogen) atoms. The van der Waals surface area contributed by atoms with Gasteiger partial charge in [-0.05, 0) is 17.5 Å². The molecular formula is C11H13N. The molecule has 1 heterocycles. The van der Waals surface area contributed by atoms with Crippen LogP contribution in [0.1, 0.15) is 19.4 Å². The molecule has 0 aliphatic carbocycles. The van der Waals surface area contributed by atoms with Crippen LogP contribution in [0, 0.1) is 5.92 Å². The van der Waals surface area contributed by atoms with Crippen LogP contribution in [0.4, 0.5) is 5.69 Å². The van der Waals surface area contributed by atoms with Crippen molar-refractivity contribution in [3.63, 3.8) is 0 Å². The van der Waals surface area contributed by atoms with E-state index < -0.39 is 0 Å². The average molecular weight is 159 g/mol. The van der Waals surface area contributed by atoms with Crippen molar-refractivity contribution in [2.24, 2.45) is 10.9 Å². The van der Waals surface area contributed by atoms with Gasteiger partial charge in [0, 0.05) is 12.1 Å². The van der Waals surface area contributed by atoms with Gasteiger partial charge in [0.05, 0.1) is 5.69 Å². The second-order valence-electron chi connectivity index (χ2n) is 3.56. The molecule has 1 aliphatic rings. The minimum Gasteiger partial charge on any atom is -0.257 e. The normalized spacial score (nSPS) is 14.8. The third-order valence-corrected chi connectivity index (χ3v) is 2.29. The first-order chi connectivity index (χ1) is 5.77. The Morgan fingerprint density at radius 3 is 2.67 bits per heavy atom. The van der Waals surface area contributed by atoms with Crippen LogP contribution in [0.5, 0.6) is 0 Å². The molecule has 0 atom stereocenters. The highest BCUT2D eigenvalue weighted by Crippen LogP contribution is 2.27. The van der Waals surface area contributed by atoms with Gasteiger partial charge in [0.15, 0.2) is 0 Å². The van der Waals surface area contributed by atoms with Gasteiger partial charge >= 0.3 is 0 Å². The maximum absolute atomic E-state index is 4.57. The first kappa shape index (κ1) is 7.53. The van der Waals surface area contributed by atoms with Gasteiger partial charge in [-0.15, -0.1) is 0 Å². The van der Waals surface area contributed by atoms with Crippen molar-refractivity contribution in [2.45, 2.75) is 20.3 Å². The zero-order chi connectivity index (χ0) is 8.55. The van der Waals surface area contributed by atoms with E-state index in [2.05, 4.69) is 37.0 Å². The molecule has 2 rings (SSSR count). The van der Waals surface area contributed by atoms with Gasteiger partial charge in [0.2, 0.25) is 0 Å². The standard InChI is InChI=1S/C11H13N/c1-8(2)11-7-9-5-3-4-6-10(9)12-11/h3-6,8H,7H2,1-2H3. The Balaban J connectivity index is 2.35. The van der Waals surface area contributed by atoms with Crippen molar-refractivity contribution >= 4 is 11.4 Å². The van der Waals surface area contributed by atoms with Crippen molar-refractivity contribution in [1.29, 1.82) is 0 Å². The number of fused-ring (bicyclic) bond motifs is 1. The molecule has 1 heteroatoms. The molecule has 1 aliphatic heterocycles. The number of nitrogens with zero attached hydrogens (tertiary/aromatic N) is 1. The molecule has 0 fully saturated rings. The van der Waals surface area contributed by atoms with Gasteiger partial charge in [-0.3, -0.25) is 4.99 Å². The lowest BCUT2D eigenvalue weighted by molar-refractivity contribution is 0.871. The van der Waals surface area contributed by atoms with Crippen LogP contribution in [0.2, 0.25) is 0 Å². The highest BCUT2D eigenvalue weighted by atomic mass is 14.8. The summed E-state index contributed by atoms with van der Waals surface area (Å²) in [6.45, 7) is 4.40. The summed E-state index contributed by atoms with van der Waals surface area (Å²) >= 11 is 0. The monoisotopic (exact) mass is 159 g/mol. The zero-order valence-corrected chi connectivity index (χ0v) is 7.54. The summed E-state index contributed by atoms with van der Waals surface area (Å²) in [5.41, 5.74) is 3.86. The minimum absolute atomic E-state index is 0.581. The number of aliphatic imine (C=N–C) groups is 1. The Bertz CT molecular complexity index is 324. The third-order valence-electron chi connectivity index (χ3n) is 2.29. The molecule has 0 N–H and O–H groups in total. The highest BCUT2D eigenvalue weighted by molar-refractivity contribution is 5.95. The van der Waals surface area contributed by atoms with Crippen molar-refractivity contribution < 1.29 is 0 Å². The van der Waals surface area contributed by atoms with E-state index in [1.807, 2.05) is 6.07 Å². The molecule has 0 bridgehead atoms. The topological polar surface area (TPSA) is 12.4 Å². The van der Waals surface area contributed by atoms with Crippen LogP contribution in [0.15, 0.2) is 29.3 Å². The Kier molecular flexibility index (Phi) is 1.72. The predicted molar refractivity (Wildman–Crippen MR) is 52.1 cm³/mol. The van der Waals surface area contributed by atoms with E-state index in [-0.39, 0.29) is 0 Å². The molecule has 62 valence electrons. The molecule has 0 aromatic heterocycles. The van der Waals surface area contributed by atoms with Gasteiger partial charge in [-0.1, -0.05) is 32.0 Å². The van der Waals surface area contributed by atoms with Gasteiger partial charge in [0.1, 0.15) is 0 Å². The molecule has 0 saturated heterocycles. The van der Waals surface area contributed by atoms with Crippen molar-refractivity contribution in [3.8, 4) is 0 Å². The van der Waals surface area contributed by atoms with E-state index in [9.17, 15) is 0 Å². The molecule has 0 amide bonds. The van der Waals surface area contributed by atoms with E-state index in [0.29, 0.717) is 5.92 Å². The smallest absolute Gasteiger partial charge is 0.0665 e. The first-order valence-corrected chi connectivity index (χ1v) is 4.43. The molecule has 0 unspecified atom stereocenters. The van der Waals surface area contributed by atoms with Gasteiger partial charge in [0.25, 0.3) is 0 Å². The number of hydrogen-bond donors (Lipinski definition) is 0. The van der Waals surface area contributed by atoms with Crippen LogP contribution in [0.25, 0.3) is 0 Å². The molecular weight excluding hydrogens is 146 g/mol. The Morgan fingerprint density at radius 1 is 1.25 bits per heavy atom. The van der Waals surface area contributed by atoms with Crippen LogP contribution < -0.4 is 0 Å². The van der Waals surface area contributed by atoms with Gasteiger partial charge < -0.3 is 0 Å². The molecule has 0 radical (unpaired) electrons. The fourth-order valence-corrected chi connectivity index (χ4v) is 1.49.